The molecule has 0 aromatic heterocycles. The summed E-state index contributed by atoms with van der Waals surface area (Å²) in [6.45, 7) is 2.78. The van der Waals surface area contributed by atoms with E-state index in [0.29, 0.717) is 13.1 Å². The number of nitrogens with two attached hydrogens (primary N) is 1. The van der Waals surface area contributed by atoms with Crippen molar-refractivity contribution in [2.24, 2.45) is 17.6 Å². The quantitative estimate of drug-likeness (QED) is 0.592. The van der Waals surface area contributed by atoms with Crippen LogP contribution >= 0.6 is 0 Å². The van der Waals surface area contributed by atoms with Crippen molar-refractivity contribution < 1.29 is 9.59 Å². The molecule has 1 aliphatic rings. The minimum atomic E-state index is -0.362. The summed E-state index contributed by atoms with van der Waals surface area (Å²) >= 11 is 0. The maximum atomic E-state index is 11.1. The third-order valence-electron chi connectivity index (χ3n) is 2.39. The molecule has 1 heterocycles. The van der Waals surface area contributed by atoms with Gasteiger partial charge in [0.2, 0.25) is 5.91 Å². The highest BCUT2D eigenvalue weighted by atomic mass is 16.1. The second-order valence-electron chi connectivity index (χ2n) is 3.45. The van der Waals surface area contributed by atoms with Crippen LogP contribution in [0.1, 0.15) is 6.92 Å². The van der Waals surface area contributed by atoms with Gasteiger partial charge in [-0.3, -0.25) is 9.59 Å². The summed E-state index contributed by atoms with van der Waals surface area (Å²) in [4.78, 5) is 23.9. The van der Waals surface area contributed by atoms with E-state index >= 15 is 0 Å². The standard InChI is InChI=1S/C8H14N2O2/c1-5(11)6-3-10(2)4-7(6)8(9)12/h6-7H,3-4H2,1-2H3,(H2,9,12)/t6-,7+/m0/s1. The Morgan fingerprint density at radius 1 is 1.33 bits per heavy atom. The van der Waals surface area contributed by atoms with E-state index in [1.807, 2.05) is 11.9 Å². The largest absolute Gasteiger partial charge is 0.369 e. The van der Waals surface area contributed by atoms with Gasteiger partial charge in [-0.15, -0.1) is 0 Å². The molecule has 1 fully saturated rings. The van der Waals surface area contributed by atoms with E-state index in [0.717, 1.165) is 0 Å². The smallest absolute Gasteiger partial charge is 0.222 e. The summed E-state index contributed by atoms with van der Waals surface area (Å²) in [5, 5.41) is 0. The molecule has 0 radical (unpaired) electrons. The minimum Gasteiger partial charge on any atom is -0.369 e. The fourth-order valence-electron chi connectivity index (χ4n) is 1.70. The van der Waals surface area contributed by atoms with E-state index in [9.17, 15) is 9.59 Å². The molecule has 4 nitrogen and oxygen atoms in total. The highest BCUT2D eigenvalue weighted by molar-refractivity contribution is 5.87. The monoisotopic (exact) mass is 170 g/mol. The number of rotatable bonds is 2. The molecule has 0 aromatic rings. The molecule has 12 heavy (non-hydrogen) atoms. The van der Waals surface area contributed by atoms with Gasteiger partial charge in [0.25, 0.3) is 0 Å². The van der Waals surface area contributed by atoms with Crippen molar-refractivity contribution in [2.45, 2.75) is 6.92 Å². The van der Waals surface area contributed by atoms with Gasteiger partial charge >= 0.3 is 0 Å². The van der Waals surface area contributed by atoms with Crippen LogP contribution in [0.15, 0.2) is 0 Å². The summed E-state index contributed by atoms with van der Waals surface area (Å²) in [5.74, 6) is -0.775. The van der Waals surface area contributed by atoms with Crippen LogP contribution in [-0.2, 0) is 9.59 Å². The number of primary amides is 1. The van der Waals surface area contributed by atoms with Crippen molar-refractivity contribution in [3.05, 3.63) is 0 Å². The summed E-state index contributed by atoms with van der Waals surface area (Å²) in [6.07, 6.45) is 0. The SMILES string of the molecule is CC(=O)[C@@H]1CN(C)C[C@H]1C(N)=O. The lowest BCUT2D eigenvalue weighted by molar-refractivity contribution is -0.128. The first-order chi connectivity index (χ1) is 5.52. The third kappa shape index (κ3) is 1.64. The van der Waals surface area contributed by atoms with E-state index in [4.69, 9.17) is 5.73 Å². The highest BCUT2D eigenvalue weighted by Gasteiger charge is 2.37. The minimum absolute atomic E-state index is 0.0585. The predicted molar refractivity (Wildman–Crippen MR) is 44.4 cm³/mol. The molecule has 1 amide bonds. The normalized spacial score (nSPS) is 30.5. The Morgan fingerprint density at radius 3 is 2.17 bits per heavy atom. The molecule has 0 spiro atoms. The zero-order chi connectivity index (χ0) is 9.30. The van der Waals surface area contributed by atoms with E-state index < -0.39 is 0 Å². The number of ketones is 1. The van der Waals surface area contributed by atoms with Gasteiger partial charge in [0.1, 0.15) is 5.78 Å². The van der Waals surface area contributed by atoms with Crippen molar-refractivity contribution in [1.82, 2.24) is 4.90 Å². The number of carbonyl (C=O) groups is 2. The first-order valence-corrected chi connectivity index (χ1v) is 4.00. The molecular formula is C8H14N2O2. The van der Waals surface area contributed by atoms with E-state index in [1.165, 1.54) is 6.92 Å². The first-order valence-electron chi connectivity index (χ1n) is 4.00. The van der Waals surface area contributed by atoms with Gasteiger partial charge < -0.3 is 10.6 Å². The number of hydrogen-bond donors (Lipinski definition) is 1. The van der Waals surface area contributed by atoms with Crippen molar-refractivity contribution in [1.29, 1.82) is 0 Å². The zero-order valence-corrected chi connectivity index (χ0v) is 7.41. The number of nitrogens with zero attached hydrogens (tertiary/aromatic N) is 1. The second kappa shape index (κ2) is 3.23. The maximum absolute atomic E-state index is 11.1. The van der Waals surface area contributed by atoms with E-state index in [2.05, 4.69) is 0 Å². The number of hydrogen-bond acceptors (Lipinski definition) is 3. The Bertz CT molecular complexity index is 193. The van der Waals surface area contributed by atoms with Crippen LogP contribution in [0.3, 0.4) is 0 Å². The van der Waals surface area contributed by atoms with Crippen LogP contribution in [0.2, 0.25) is 0 Å². The Kier molecular flexibility index (Phi) is 2.47. The lowest BCUT2D eigenvalue weighted by Gasteiger charge is -2.10. The molecule has 4 heteroatoms. The molecule has 0 saturated carbocycles. The number of amides is 1. The molecule has 1 saturated heterocycles. The average Bonchev–Trinajstić information content (AvgIpc) is 2.31. The van der Waals surface area contributed by atoms with Crippen LogP contribution in [0.4, 0.5) is 0 Å². The molecule has 68 valence electrons. The van der Waals surface area contributed by atoms with Gasteiger partial charge in [0, 0.05) is 19.0 Å². The maximum Gasteiger partial charge on any atom is 0.222 e. The summed E-state index contributed by atoms with van der Waals surface area (Å²) < 4.78 is 0. The highest BCUT2D eigenvalue weighted by Crippen LogP contribution is 2.22. The average molecular weight is 170 g/mol. The molecule has 0 aromatic carbocycles. The second-order valence-corrected chi connectivity index (χ2v) is 3.45. The van der Waals surface area contributed by atoms with Crippen LogP contribution in [-0.4, -0.2) is 36.7 Å². The Labute approximate surface area is 71.7 Å². The number of Topliss-reactive ketones (excluding diaryl/α,β-unsaturated/α-hetero) is 1. The van der Waals surface area contributed by atoms with Crippen LogP contribution in [0, 0.1) is 11.8 Å². The Morgan fingerprint density at radius 2 is 1.83 bits per heavy atom. The third-order valence-corrected chi connectivity index (χ3v) is 2.39. The zero-order valence-electron chi connectivity index (χ0n) is 7.41. The molecule has 2 atom stereocenters. The van der Waals surface area contributed by atoms with Crippen molar-refractivity contribution in [3.8, 4) is 0 Å². The lowest BCUT2D eigenvalue weighted by Crippen LogP contribution is -2.32. The summed E-state index contributed by atoms with van der Waals surface area (Å²) in [5.41, 5.74) is 5.17. The number of carbonyl (C=O) groups excluding carboxylic acids is 2. The summed E-state index contributed by atoms with van der Waals surface area (Å²) in [6, 6.07) is 0. The molecular weight excluding hydrogens is 156 g/mol. The molecule has 1 rings (SSSR count). The Balaban J connectivity index is 2.72. The van der Waals surface area contributed by atoms with Gasteiger partial charge in [-0.1, -0.05) is 0 Å². The molecule has 0 aliphatic carbocycles. The fourth-order valence-corrected chi connectivity index (χ4v) is 1.70. The predicted octanol–water partition coefficient (Wildman–Crippen LogP) is -0.761. The Hall–Kier alpha value is -0.900. The lowest BCUT2D eigenvalue weighted by atomic mass is 9.92. The van der Waals surface area contributed by atoms with Gasteiger partial charge in [-0.2, -0.15) is 0 Å². The van der Waals surface area contributed by atoms with E-state index in [-0.39, 0.29) is 23.5 Å². The van der Waals surface area contributed by atoms with Gasteiger partial charge in [0.15, 0.2) is 0 Å². The molecule has 1 aliphatic heterocycles. The molecule has 0 bridgehead atoms. The van der Waals surface area contributed by atoms with Crippen LogP contribution in [0.5, 0.6) is 0 Å². The molecule has 0 unspecified atom stereocenters. The van der Waals surface area contributed by atoms with Crippen molar-refractivity contribution in [2.75, 3.05) is 20.1 Å². The van der Waals surface area contributed by atoms with Gasteiger partial charge in [0.05, 0.1) is 5.92 Å². The first kappa shape index (κ1) is 9.19. The van der Waals surface area contributed by atoms with Crippen LogP contribution < -0.4 is 5.73 Å². The fraction of sp³-hybridized carbons (Fsp3) is 0.750. The number of likely N-dealkylation sites (tertiary alicyclic amines) is 1. The van der Waals surface area contributed by atoms with Gasteiger partial charge in [-0.25, -0.2) is 0 Å². The summed E-state index contributed by atoms with van der Waals surface area (Å²) in [7, 11) is 1.89. The van der Waals surface area contributed by atoms with Crippen molar-refractivity contribution >= 4 is 11.7 Å². The van der Waals surface area contributed by atoms with Gasteiger partial charge in [-0.05, 0) is 14.0 Å². The topological polar surface area (TPSA) is 63.4 Å². The van der Waals surface area contributed by atoms with Crippen LogP contribution in [0.25, 0.3) is 0 Å². The van der Waals surface area contributed by atoms with Crippen molar-refractivity contribution in [3.63, 3.8) is 0 Å². The van der Waals surface area contributed by atoms with E-state index in [1.54, 1.807) is 0 Å². The molecule has 2 N–H and O–H groups in total.